The first-order valence-electron chi connectivity index (χ1n) is 9.45. The summed E-state index contributed by atoms with van der Waals surface area (Å²) in [6.45, 7) is 6.86. The Labute approximate surface area is 138 Å². The summed E-state index contributed by atoms with van der Waals surface area (Å²) in [4.78, 5) is 12.1. The third-order valence-corrected chi connectivity index (χ3v) is 8.66. The van der Waals surface area contributed by atoms with E-state index >= 15 is 0 Å². The number of aliphatic hydroxyl groups excluding tert-OH is 1. The highest BCUT2D eigenvalue weighted by Crippen LogP contribution is 2.73. The number of carbonyl (C=O) groups excluding carboxylic acids is 1. The maximum absolute atomic E-state index is 12.1. The lowest BCUT2D eigenvalue weighted by Gasteiger charge is -2.56. The van der Waals surface area contributed by atoms with E-state index < -0.39 is 6.10 Å². The van der Waals surface area contributed by atoms with Crippen LogP contribution in [0.2, 0.25) is 0 Å². The van der Waals surface area contributed by atoms with E-state index in [2.05, 4.69) is 19.9 Å². The third kappa shape index (κ3) is 1.63. The van der Waals surface area contributed by atoms with E-state index in [1.54, 1.807) is 0 Å². The first-order valence-corrected chi connectivity index (χ1v) is 9.45. The lowest BCUT2D eigenvalue weighted by Crippen LogP contribution is -2.53. The van der Waals surface area contributed by atoms with Crippen LogP contribution in [0, 0.1) is 40.4 Å². The van der Waals surface area contributed by atoms with Crippen molar-refractivity contribution in [2.75, 3.05) is 0 Å². The number of ether oxygens (including phenoxy) is 1. The maximum atomic E-state index is 12.1. The lowest BCUT2D eigenvalue weighted by molar-refractivity contribution is -0.143. The molecule has 0 amide bonds. The van der Waals surface area contributed by atoms with Crippen molar-refractivity contribution in [3.05, 3.63) is 11.6 Å². The summed E-state index contributed by atoms with van der Waals surface area (Å²) in [6, 6.07) is 0. The maximum Gasteiger partial charge on any atom is 0.309 e. The van der Waals surface area contributed by atoms with Crippen molar-refractivity contribution in [3.63, 3.8) is 0 Å². The Hall–Kier alpha value is -0.830. The number of fused-ring (bicyclic) bond motifs is 7. The molecule has 4 fully saturated rings. The van der Waals surface area contributed by atoms with Gasteiger partial charge in [0.1, 0.15) is 6.10 Å². The number of hydrogen-bond acceptors (Lipinski definition) is 3. The molecule has 0 unspecified atom stereocenters. The number of carbonyl (C=O) groups is 1. The Bertz CT molecular complexity index is 610. The minimum atomic E-state index is -0.399. The Morgan fingerprint density at radius 3 is 2.87 bits per heavy atom. The highest BCUT2D eigenvalue weighted by Gasteiger charge is 2.67. The van der Waals surface area contributed by atoms with Crippen LogP contribution >= 0.6 is 0 Å². The molecule has 0 spiro atoms. The van der Waals surface area contributed by atoms with E-state index in [1.807, 2.05) is 6.92 Å². The zero-order chi connectivity index (χ0) is 16.1. The van der Waals surface area contributed by atoms with E-state index in [-0.39, 0.29) is 29.3 Å². The summed E-state index contributed by atoms with van der Waals surface area (Å²) in [5.41, 5.74) is 2.14. The summed E-state index contributed by atoms with van der Waals surface area (Å²) < 4.78 is 5.74. The molecule has 0 aromatic rings. The van der Waals surface area contributed by atoms with Crippen molar-refractivity contribution < 1.29 is 14.6 Å². The summed E-state index contributed by atoms with van der Waals surface area (Å²) in [7, 11) is 0. The van der Waals surface area contributed by atoms with E-state index in [4.69, 9.17) is 4.74 Å². The molecule has 1 N–H and O–H groups in total. The highest BCUT2D eigenvalue weighted by molar-refractivity contribution is 5.76. The number of hydrogen-bond donors (Lipinski definition) is 1. The Kier molecular flexibility index (Phi) is 2.66. The van der Waals surface area contributed by atoms with Gasteiger partial charge in [-0.05, 0) is 66.3 Å². The SMILES string of the molecule is C[C@@H]1C(=O)O[C@H]2C3=CC[C@@H]4[C@@]5(C)C[C@H]5CC[C@@]4(C)[C@@H]3C[C@@H](O)[C@@H]12. The van der Waals surface area contributed by atoms with Gasteiger partial charge in [-0.25, -0.2) is 0 Å². The van der Waals surface area contributed by atoms with Crippen molar-refractivity contribution in [2.24, 2.45) is 40.4 Å². The summed E-state index contributed by atoms with van der Waals surface area (Å²) in [5.74, 6) is 1.75. The van der Waals surface area contributed by atoms with Gasteiger partial charge < -0.3 is 9.84 Å². The first-order chi connectivity index (χ1) is 10.9. The zero-order valence-corrected chi connectivity index (χ0v) is 14.4. The van der Waals surface area contributed by atoms with Gasteiger partial charge in [-0.1, -0.05) is 26.8 Å². The van der Waals surface area contributed by atoms with Gasteiger partial charge in [-0.3, -0.25) is 4.79 Å². The van der Waals surface area contributed by atoms with Gasteiger partial charge in [0.15, 0.2) is 0 Å². The van der Waals surface area contributed by atoms with Crippen molar-refractivity contribution >= 4 is 5.97 Å². The monoisotopic (exact) mass is 316 g/mol. The van der Waals surface area contributed by atoms with E-state index in [0.29, 0.717) is 11.3 Å². The van der Waals surface area contributed by atoms with Gasteiger partial charge in [-0.15, -0.1) is 0 Å². The summed E-state index contributed by atoms with van der Waals surface area (Å²) in [6.07, 6.45) is 7.81. The molecule has 9 atom stereocenters. The number of aliphatic hydroxyl groups is 1. The van der Waals surface area contributed by atoms with Crippen LogP contribution in [0.3, 0.4) is 0 Å². The molecule has 3 saturated carbocycles. The molecule has 3 nitrogen and oxygen atoms in total. The van der Waals surface area contributed by atoms with Crippen LogP contribution in [0.4, 0.5) is 0 Å². The predicted octanol–water partition coefficient (Wildman–Crippen LogP) is 3.32. The second-order valence-electron chi connectivity index (χ2n) is 9.52. The molecular weight excluding hydrogens is 288 g/mol. The molecule has 23 heavy (non-hydrogen) atoms. The number of esters is 1. The van der Waals surface area contributed by atoms with Gasteiger partial charge >= 0.3 is 5.97 Å². The van der Waals surface area contributed by atoms with Crippen LogP contribution in [-0.2, 0) is 9.53 Å². The van der Waals surface area contributed by atoms with Crippen molar-refractivity contribution in [1.82, 2.24) is 0 Å². The Morgan fingerprint density at radius 2 is 2.09 bits per heavy atom. The summed E-state index contributed by atoms with van der Waals surface area (Å²) >= 11 is 0. The van der Waals surface area contributed by atoms with Crippen LogP contribution in [0.25, 0.3) is 0 Å². The Morgan fingerprint density at radius 1 is 1.30 bits per heavy atom. The van der Waals surface area contributed by atoms with Gasteiger partial charge in [0, 0.05) is 5.92 Å². The molecule has 4 aliphatic carbocycles. The van der Waals surface area contributed by atoms with Crippen LogP contribution in [-0.4, -0.2) is 23.3 Å². The third-order valence-electron chi connectivity index (χ3n) is 8.66. The van der Waals surface area contributed by atoms with Crippen molar-refractivity contribution in [3.8, 4) is 0 Å². The molecule has 0 aromatic carbocycles. The smallest absolute Gasteiger partial charge is 0.309 e. The molecule has 126 valence electrons. The molecule has 0 radical (unpaired) electrons. The first kappa shape index (κ1) is 14.5. The van der Waals surface area contributed by atoms with Gasteiger partial charge in [0.2, 0.25) is 0 Å². The molecule has 5 rings (SSSR count). The van der Waals surface area contributed by atoms with Gasteiger partial charge in [-0.2, -0.15) is 0 Å². The Balaban J connectivity index is 1.56. The summed E-state index contributed by atoms with van der Waals surface area (Å²) in [5, 5.41) is 10.8. The van der Waals surface area contributed by atoms with Crippen LogP contribution in [0.1, 0.15) is 52.9 Å². The quantitative estimate of drug-likeness (QED) is 0.551. The second kappa shape index (κ2) is 4.22. The number of allylic oxidation sites excluding steroid dienone is 1. The van der Waals surface area contributed by atoms with Crippen LogP contribution in [0.5, 0.6) is 0 Å². The fourth-order valence-corrected chi connectivity index (χ4v) is 7.15. The average Bonchev–Trinajstić information content (AvgIpc) is 3.09. The predicted molar refractivity (Wildman–Crippen MR) is 86.4 cm³/mol. The van der Waals surface area contributed by atoms with Crippen molar-refractivity contribution in [2.45, 2.75) is 65.1 Å². The molecule has 5 aliphatic rings. The second-order valence-corrected chi connectivity index (χ2v) is 9.52. The molecule has 0 bridgehead atoms. The minimum Gasteiger partial charge on any atom is -0.457 e. The van der Waals surface area contributed by atoms with Crippen LogP contribution in [0.15, 0.2) is 11.6 Å². The lowest BCUT2D eigenvalue weighted by atomic mass is 9.49. The normalized spacial score (nSPS) is 59.9. The standard InChI is InChI=1S/C20H28O3/c1-10-16-14(21)8-13-12(17(16)23-18(10)22)4-5-15-19(13,2)7-6-11-9-20(11,15)3/h4,10-11,13-17,21H,5-9H2,1-3H3/t10-,11+,13+,14+,15-,16+,17-,19-,20-/m0/s1. The molecular formula is C20H28O3. The van der Waals surface area contributed by atoms with E-state index in [0.717, 1.165) is 24.7 Å². The largest absolute Gasteiger partial charge is 0.457 e. The van der Waals surface area contributed by atoms with Gasteiger partial charge in [0.25, 0.3) is 0 Å². The van der Waals surface area contributed by atoms with E-state index in [9.17, 15) is 9.90 Å². The molecule has 0 aromatic heterocycles. The topological polar surface area (TPSA) is 46.5 Å². The average molecular weight is 316 g/mol. The highest BCUT2D eigenvalue weighted by atomic mass is 16.6. The van der Waals surface area contributed by atoms with Crippen LogP contribution < -0.4 is 0 Å². The molecule has 1 aliphatic heterocycles. The fourth-order valence-electron chi connectivity index (χ4n) is 7.15. The molecule has 1 heterocycles. The fraction of sp³-hybridized carbons (Fsp3) is 0.850. The molecule has 1 saturated heterocycles. The number of rotatable bonds is 0. The minimum absolute atomic E-state index is 0.0296. The van der Waals surface area contributed by atoms with Gasteiger partial charge in [0.05, 0.1) is 12.0 Å². The zero-order valence-electron chi connectivity index (χ0n) is 14.4. The molecule has 3 heteroatoms. The van der Waals surface area contributed by atoms with E-state index in [1.165, 1.54) is 24.8 Å². The van der Waals surface area contributed by atoms with Crippen molar-refractivity contribution in [1.29, 1.82) is 0 Å².